The van der Waals surface area contributed by atoms with Crippen LogP contribution >= 0.6 is 0 Å². The highest BCUT2D eigenvalue weighted by Gasteiger charge is 2.25. The molecule has 3 N–H and O–H groups in total. The minimum Gasteiger partial charge on any atom is -0.357 e. The highest BCUT2D eigenvalue weighted by Crippen LogP contribution is 2.27. The molecule has 0 aliphatic heterocycles. The summed E-state index contributed by atoms with van der Waals surface area (Å²) in [6.07, 6.45) is 6.68. The third-order valence-electron chi connectivity index (χ3n) is 4.58. The van der Waals surface area contributed by atoms with Crippen molar-refractivity contribution in [3.05, 3.63) is 0 Å². The van der Waals surface area contributed by atoms with Crippen LogP contribution in [0.4, 0.5) is 0 Å². The lowest BCUT2D eigenvalue weighted by atomic mass is 9.83. The van der Waals surface area contributed by atoms with Crippen LogP contribution in [0.3, 0.4) is 0 Å². The molecule has 0 spiro atoms. The highest BCUT2D eigenvalue weighted by molar-refractivity contribution is 5.85. The summed E-state index contributed by atoms with van der Waals surface area (Å²) < 4.78 is 0. The molecule has 1 aliphatic carbocycles. The minimum absolute atomic E-state index is 0.0545. The number of rotatable bonds is 7. The fourth-order valence-electron chi connectivity index (χ4n) is 3.44. The topological polar surface area (TPSA) is 68.8 Å². The van der Waals surface area contributed by atoms with Gasteiger partial charge < -0.3 is 20.9 Å². The van der Waals surface area contributed by atoms with Crippen LogP contribution in [0.5, 0.6) is 0 Å². The summed E-state index contributed by atoms with van der Waals surface area (Å²) in [5.74, 6) is 1.40. The quantitative estimate of drug-likeness (QED) is 0.483. The van der Waals surface area contributed by atoms with E-state index in [9.17, 15) is 4.79 Å². The largest absolute Gasteiger partial charge is 0.357 e. The van der Waals surface area contributed by atoms with Crippen molar-refractivity contribution in [2.45, 2.75) is 71.4 Å². The zero-order chi connectivity index (χ0) is 18.9. The van der Waals surface area contributed by atoms with Gasteiger partial charge in [0.25, 0.3) is 0 Å². The van der Waals surface area contributed by atoms with Gasteiger partial charge in [-0.25, -0.2) is 4.99 Å². The van der Waals surface area contributed by atoms with Crippen molar-refractivity contribution in [3.8, 4) is 0 Å². The number of carbonyl (C=O) groups is 1. The van der Waals surface area contributed by atoms with E-state index in [1.54, 1.807) is 0 Å². The molecular formula is C19H39N5O. The second-order valence-electron chi connectivity index (χ2n) is 8.30. The van der Waals surface area contributed by atoms with E-state index >= 15 is 0 Å². The van der Waals surface area contributed by atoms with Crippen LogP contribution in [-0.4, -0.2) is 62.1 Å². The van der Waals surface area contributed by atoms with E-state index in [4.69, 9.17) is 0 Å². The van der Waals surface area contributed by atoms with E-state index in [-0.39, 0.29) is 18.0 Å². The van der Waals surface area contributed by atoms with Crippen molar-refractivity contribution >= 4 is 11.9 Å². The number of guanidine groups is 1. The number of hydrogen-bond acceptors (Lipinski definition) is 3. The molecule has 0 saturated heterocycles. The number of nitrogens with zero attached hydrogens (tertiary/aromatic N) is 2. The Morgan fingerprint density at radius 1 is 1.16 bits per heavy atom. The molecular weight excluding hydrogens is 314 g/mol. The predicted molar refractivity (Wildman–Crippen MR) is 106 cm³/mol. The Bertz CT molecular complexity index is 422. The third kappa shape index (κ3) is 9.10. The molecule has 0 heterocycles. The summed E-state index contributed by atoms with van der Waals surface area (Å²) in [6.45, 7) is 9.74. The number of nitrogens with one attached hydrogen (secondary N) is 3. The number of likely N-dealkylation sites (N-methyl/N-ethyl adjacent to an activating group) is 1. The normalized spacial score (nSPS) is 18.1. The number of aliphatic imine (C=N–C) groups is 1. The Morgan fingerprint density at radius 2 is 1.80 bits per heavy atom. The van der Waals surface area contributed by atoms with Gasteiger partial charge in [-0.15, -0.1) is 0 Å². The standard InChI is InChI=1S/C19H39N5O/c1-7-20-18(22-14-17(25)23-19(2,3)4)21-13-16(24(5)6)15-11-9-8-10-12-15/h15-16H,7-14H2,1-6H3,(H,23,25)(H2,20,21,22). The van der Waals surface area contributed by atoms with Gasteiger partial charge in [-0.05, 0) is 60.5 Å². The number of amides is 1. The van der Waals surface area contributed by atoms with Gasteiger partial charge in [0.05, 0.1) is 0 Å². The third-order valence-corrected chi connectivity index (χ3v) is 4.58. The Balaban J connectivity index is 2.59. The number of carbonyl (C=O) groups excluding carboxylic acids is 1. The molecule has 1 fully saturated rings. The van der Waals surface area contributed by atoms with E-state index in [1.807, 2.05) is 27.7 Å². The molecule has 1 aliphatic rings. The highest BCUT2D eigenvalue weighted by atomic mass is 16.2. The van der Waals surface area contributed by atoms with E-state index in [2.05, 4.69) is 39.9 Å². The van der Waals surface area contributed by atoms with Crippen molar-refractivity contribution < 1.29 is 4.79 Å². The van der Waals surface area contributed by atoms with Crippen LogP contribution in [0.25, 0.3) is 0 Å². The lowest BCUT2D eigenvalue weighted by Crippen LogP contribution is -2.49. The lowest BCUT2D eigenvalue weighted by molar-refractivity contribution is -0.121. The van der Waals surface area contributed by atoms with Gasteiger partial charge in [-0.1, -0.05) is 19.3 Å². The molecule has 1 unspecified atom stereocenters. The van der Waals surface area contributed by atoms with Crippen LogP contribution in [0.2, 0.25) is 0 Å². The van der Waals surface area contributed by atoms with E-state index in [0.29, 0.717) is 12.0 Å². The zero-order valence-electron chi connectivity index (χ0n) is 17.1. The monoisotopic (exact) mass is 353 g/mol. The summed E-state index contributed by atoms with van der Waals surface area (Å²) >= 11 is 0. The summed E-state index contributed by atoms with van der Waals surface area (Å²) in [5, 5.41) is 9.61. The van der Waals surface area contributed by atoms with Crippen molar-refractivity contribution in [2.24, 2.45) is 10.9 Å². The van der Waals surface area contributed by atoms with Crippen LogP contribution in [0.1, 0.15) is 59.8 Å². The Kier molecular flexibility index (Phi) is 9.25. The molecule has 6 nitrogen and oxygen atoms in total. The van der Waals surface area contributed by atoms with E-state index in [1.165, 1.54) is 32.1 Å². The smallest absolute Gasteiger partial charge is 0.242 e. The molecule has 1 saturated carbocycles. The molecule has 1 rings (SSSR count). The summed E-state index contributed by atoms with van der Waals surface area (Å²) in [6, 6.07) is 0.493. The Labute approximate surface area is 154 Å². The molecule has 0 aromatic rings. The maximum Gasteiger partial charge on any atom is 0.242 e. The van der Waals surface area contributed by atoms with Gasteiger partial charge in [0.15, 0.2) is 5.96 Å². The zero-order valence-corrected chi connectivity index (χ0v) is 17.1. The second-order valence-corrected chi connectivity index (χ2v) is 8.30. The first-order valence-corrected chi connectivity index (χ1v) is 9.72. The molecule has 0 radical (unpaired) electrons. The van der Waals surface area contributed by atoms with Crippen molar-refractivity contribution in [3.63, 3.8) is 0 Å². The molecule has 25 heavy (non-hydrogen) atoms. The Morgan fingerprint density at radius 3 is 2.32 bits per heavy atom. The first-order valence-electron chi connectivity index (χ1n) is 9.72. The maximum atomic E-state index is 12.0. The van der Waals surface area contributed by atoms with Gasteiger partial charge in [0.1, 0.15) is 6.54 Å². The first kappa shape index (κ1) is 21.7. The molecule has 0 aromatic carbocycles. The fourth-order valence-corrected chi connectivity index (χ4v) is 3.44. The second kappa shape index (κ2) is 10.6. The number of hydrogen-bond donors (Lipinski definition) is 3. The van der Waals surface area contributed by atoms with Crippen LogP contribution in [0.15, 0.2) is 4.99 Å². The van der Waals surface area contributed by atoms with Crippen molar-refractivity contribution in [2.75, 3.05) is 33.7 Å². The van der Waals surface area contributed by atoms with Gasteiger partial charge in [0, 0.05) is 24.7 Å². The minimum atomic E-state index is -0.227. The predicted octanol–water partition coefficient (Wildman–Crippen LogP) is 1.97. The average molecular weight is 354 g/mol. The van der Waals surface area contributed by atoms with Crippen molar-refractivity contribution in [1.82, 2.24) is 20.9 Å². The molecule has 146 valence electrons. The van der Waals surface area contributed by atoms with Gasteiger partial charge in [-0.2, -0.15) is 0 Å². The SMILES string of the molecule is CCNC(=NCC(=O)NC(C)(C)C)NCC(C1CCCCC1)N(C)C. The van der Waals surface area contributed by atoms with E-state index < -0.39 is 0 Å². The fraction of sp³-hybridized carbons (Fsp3) is 0.895. The first-order chi connectivity index (χ1) is 11.7. The summed E-state index contributed by atoms with van der Waals surface area (Å²) in [4.78, 5) is 18.7. The molecule has 6 heteroatoms. The molecule has 0 aromatic heterocycles. The van der Waals surface area contributed by atoms with Crippen molar-refractivity contribution in [1.29, 1.82) is 0 Å². The molecule has 1 atom stereocenters. The Hall–Kier alpha value is -1.30. The van der Waals surface area contributed by atoms with Gasteiger partial charge in [0.2, 0.25) is 5.91 Å². The van der Waals surface area contributed by atoms with Crippen LogP contribution < -0.4 is 16.0 Å². The van der Waals surface area contributed by atoms with E-state index in [0.717, 1.165) is 19.0 Å². The van der Waals surface area contributed by atoms with Crippen LogP contribution in [0, 0.1) is 5.92 Å². The summed E-state index contributed by atoms with van der Waals surface area (Å²) in [5.41, 5.74) is -0.227. The molecule has 1 amide bonds. The van der Waals surface area contributed by atoms with Gasteiger partial charge in [-0.3, -0.25) is 4.79 Å². The molecule has 0 bridgehead atoms. The lowest BCUT2D eigenvalue weighted by Gasteiger charge is -2.35. The van der Waals surface area contributed by atoms with Crippen LogP contribution in [-0.2, 0) is 4.79 Å². The van der Waals surface area contributed by atoms with Gasteiger partial charge >= 0.3 is 0 Å². The average Bonchev–Trinajstić information content (AvgIpc) is 2.51. The summed E-state index contributed by atoms with van der Waals surface area (Å²) in [7, 11) is 4.31. The maximum absolute atomic E-state index is 12.0.